The Kier molecular flexibility index (Phi) is 7.20. The van der Waals surface area contributed by atoms with Crippen LogP contribution in [0.15, 0.2) is 17.0 Å². The molecular weight excluding hydrogens is 304 g/mol. The lowest BCUT2D eigenvalue weighted by atomic mass is 10.1. The Morgan fingerprint density at radius 1 is 1.29 bits per heavy atom. The molecule has 0 saturated heterocycles. The highest BCUT2D eigenvalue weighted by Crippen LogP contribution is 2.21. The summed E-state index contributed by atoms with van der Waals surface area (Å²) >= 11 is 1.82. The molecule has 0 heterocycles. The number of hydrogen-bond acceptors (Lipinski definition) is 4. The molecule has 0 aliphatic carbocycles. The van der Waals surface area contributed by atoms with Crippen molar-refractivity contribution >= 4 is 21.8 Å². The zero-order valence-electron chi connectivity index (χ0n) is 13.3. The Labute approximate surface area is 132 Å². The molecule has 0 aliphatic heterocycles. The van der Waals surface area contributed by atoms with Crippen molar-refractivity contribution < 1.29 is 8.42 Å². The van der Waals surface area contributed by atoms with E-state index < -0.39 is 10.0 Å². The Hall–Kier alpha value is -0.560. The first kappa shape index (κ1) is 18.5. The van der Waals surface area contributed by atoms with Crippen LogP contribution in [-0.2, 0) is 16.6 Å². The average molecular weight is 331 g/mol. The van der Waals surface area contributed by atoms with Crippen molar-refractivity contribution in [1.82, 2.24) is 4.72 Å². The summed E-state index contributed by atoms with van der Waals surface area (Å²) in [5, 5.41) is 0. The molecule has 1 aromatic rings. The van der Waals surface area contributed by atoms with E-state index in [0.717, 1.165) is 34.6 Å². The van der Waals surface area contributed by atoms with Crippen LogP contribution >= 0.6 is 11.8 Å². The smallest absolute Gasteiger partial charge is 0.241 e. The van der Waals surface area contributed by atoms with Gasteiger partial charge < -0.3 is 5.73 Å². The molecule has 1 unspecified atom stereocenters. The van der Waals surface area contributed by atoms with E-state index in [0.29, 0.717) is 11.4 Å². The maximum Gasteiger partial charge on any atom is 0.241 e. The maximum atomic E-state index is 12.5. The summed E-state index contributed by atoms with van der Waals surface area (Å²) in [4.78, 5) is 0.337. The van der Waals surface area contributed by atoms with Crippen LogP contribution in [0.1, 0.15) is 37.0 Å². The predicted molar refractivity (Wildman–Crippen MR) is 91.2 cm³/mol. The molecule has 120 valence electrons. The maximum absolute atomic E-state index is 12.5. The second-order valence-corrected chi connectivity index (χ2v) is 8.33. The molecule has 0 radical (unpaired) electrons. The zero-order valence-corrected chi connectivity index (χ0v) is 14.9. The molecular formula is C15H26N2O2S2. The summed E-state index contributed by atoms with van der Waals surface area (Å²) in [6.45, 7) is 8.12. The van der Waals surface area contributed by atoms with Gasteiger partial charge in [-0.2, -0.15) is 11.8 Å². The van der Waals surface area contributed by atoms with E-state index in [-0.39, 0.29) is 6.04 Å². The average Bonchev–Trinajstić information content (AvgIpc) is 2.38. The Bertz CT molecular complexity index is 571. The van der Waals surface area contributed by atoms with Gasteiger partial charge in [0.2, 0.25) is 10.0 Å². The van der Waals surface area contributed by atoms with Crippen molar-refractivity contribution in [3.05, 3.63) is 28.8 Å². The number of aryl methyl sites for hydroxylation is 2. The van der Waals surface area contributed by atoms with Gasteiger partial charge in [-0.05, 0) is 61.5 Å². The van der Waals surface area contributed by atoms with Crippen LogP contribution in [0.3, 0.4) is 0 Å². The van der Waals surface area contributed by atoms with Crippen molar-refractivity contribution in [3.63, 3.8) is 0 Å². The number of benzene rings is 1. The van der Waals surface area contributed by atoms with Crippen LogP contribution in [0, 0.1) is 13.8 Å². The van der Waals surface area contributed by atoms with E-state index >= 15 is 0 Å². The van der Waals surface area contributed by atoms with E-state index in [9.17, 15) is 8.42 Å². The van der Waals surface area contributed by atoms with Crippen LogP contribution in [-0.4, -0.2) is 26.0 Å². The molecule has 0 spiro atoms. The molecule has 0 fully saturated rings. The van der Waals surface area contributed by atoms with E-state index in [1.54, 1.807) is 6.07 Å². The summed E-state index contributed by atoms with van der Waals surface area (Å²) in [5.41, 5.74) is 8.33. The van der Waals surface area contributed by atoms with E-state index in [1.807, 2.05) is 38.6 Å². The van der Waals surface area contributed by atoms with Gasteiger partial charge in [0.15, 0.2) is 0 Å². The first-order chi connectivity index (χ1) is 9.81. The van der Waals surface area contributed by atoms with Gasteiger partial charge in [-0.15, -0.1) is 0 Å². The van der Waals surface area contributed by atoms with Crippen molar-refractivity contribution in [2.24, 2.45) is 5.73 Å². The van der Waals surface area contributed by atoms with E-state index in [1.165, 1.54) is 0 Å². The summed E-state index contributed by atoms with van der Waals surface area (Å²) in [6, 6.07) is 3.51. The second kappa shape index (κ2) is 8.17. The second-order valence-electron chi connectivity index (χ2n) is 5.26. The lowest BCUT2D eigenvalue weighted by Gasteiger charge is -2.17. The van der Waals surface area contributed by atoms with Gasteiger partial charge in [0.1, 0.15) is 0 Å². The number of hydrogen-bond donors (Lipinski definition) is 2. The molecule has 0 bridgehead atoms. The fraction of sp³-hybridized carbons (Fsp3) is 0.600. The summed E-state index contributed by atoms with van der Waals surface area (Å²) in [7, 11) is -3.49. The first-order valence-electron chi connectivity index (χ1n) is 7.22. The van der Waals surface area contributed by atoms with Gasteiger partial charge in [-0.3, -0.25) is 0 Å². The number of nitrogens with one attached hydrogen (secondary N) is 1. The molecule has 0 aromatic heterocycles. The van der Waals surface area contributed by atoms with Crippen LogP contribution in [0.5, 0.6) is 0 Å². The Morgan fingerprint density at radius 3 is 2.52 bits per heavy atom. The minimum atomic E-state index is -3.49. The predicted octanol–water partition coefficient (Wildman–Crippen LogP) is 2.57. The van der Waals surface area contributed by atoms with Crippen molar-refractivity contribution in [3.8, 4) is 0 Å². The highest BCUT2D eigenvalue weighted by atomic mass is 32.2. The molecule has 1 atom stereocenters. The monoisotopic (exact) mass is 330 g/mol. The summed E-state index contributed by atoms with van der Waals surface area (Å²) < 4.78 is 27.8. The molecule has 0 aliphatic rings. The molecule has 3 N–H and O–H groups in total. The molecule has 0 amide bonds. The number of sulfonamides is 1. The largest absolute Gasteiger partial charge is 0.326 e. The van der Waals surface area contributed by atoms with Gasteiger partial charge in [0, 0.05) is 12.6 Å². The highest BCUT2D eigenvalue weighted by molar-refractivity contribution is 7.99. The molecule has 1 rings (SSSR count). The van der Waals surface area contributed by atoms with E-state index in [2.05, 4.69) is 11.6 Å². The summed E-state index contributed by atoms with van der Waals surface area (Å²) in [6.07, 6.45) is 0.826. The molecule has 4 nitrogen and oxygen atoms in total. The quantitative estimate of drug-likeness (QED) is 0.719. The minimum Gasteiger partial charge on any atom is -0.326 e. The lowest BCUT2D eigenvalue weighted by Crippen LogP contribution is -2.33. The Balaban J connectivity index is 2.92. The van der Waals surface area contributed by atoms with Crippen molar-refractivity contribution in [2.75, 3.05) is 11.5 Å². The third-order valence-corrected chi connectivity index (χ3v) is 6.06. The topological polar surface area (TPSA) is 72.2 Å². The molecule has 21 heavy (non-hydrogen) atoms. The fourth-order valence-corrected chi connectivity index (χ4v) is 4.54. The standard InChI is InChI=1S/C15H26N2O2S2/c1-5-20-7-6-13(4)17-21(18,19)15-9-14(10-16)11(2)8-12(15)3/h8-9,13,17H,5-7,10,16H2,1-4H3. The minimum absolute atomic E-state index is 0.0731. The van der Waals surface area contributed by atoms with Crippen LogP contribution < -0.4 is 10.5 Å². The third kappa shape index (κ3) is 5.29. The van der Waals surface area contributed by atoms with Crippen molar-refractivity contribution in [1.29, 1.82) is 0 Å². The van der Waals surface area contributed by atoms with Crippen molar-refractivity contribution in [2.45, 2.75) is 51.6 Å². The Morgan fingerprint density at radius 2 is 1.95 bits per heavy atom. The van der Waals surface area contributed by atoms with Crippen LogP contribution in [0.25, 0.3) is 0 Å². The van der Waals surface area contributed by atoms with Gasteiger partial charge in [0.05, 0.1) is 4.90 Å². The SMILES string of the molecule is CCSCCC(C)NS(=O)(=O)c1cc(CN)c(C)cc1C. The summed E-state index contributed by atoms with van der Waals surface area (Å²) in [5.74, 6) is 2.01. The fourth-order valence-electron chi connectivity index (χ4n) is 2.18. The number of rotatable bonds is 8. The zero-order chi connectivity index (χ0) is 16.0. The molecule has 6 heteroatoms. The van der Waals surface area contributed by atoms with Gasteiger partial charge in [-0.25, -0.2) is 13.1 Å². The van der Waals surface area contributed by atoms with Gasteiger partial charge >= 0.3 is 0 Å². The van der Waals surface area contributed by atoms with Gasteiger partial charge in [0.25, 0.3) is 0 Å². The molecule has 0 saturated carbocycles. The van der Waals surface area contributed by atoms with Crippen LogP contribution in [0.4, 0.5) is 0 Å². The highest BCUT2D eigenvalue weighted by Gasteiger charge is 2.20. The van der Waals surface area contributed by atoms with Gasteiger partial charge in [-0.1, -0.05) is 13.0 Å². The van der Waals surface area contributed by atoms with Crippen LogP contribution in [0.2, 0.25) is 0 Å². The van der Waals surface area contributed by atoms with E-state index in [4.69, 9.17) is 5.73 Å². The molecule has 1 aromatic carbocycles. The first-order valence-corrected chi connectivity index (χ1v) is 9.85. The lowest BCUT2D eigenvalue weighted by molar-refractivity contribution is 0.556. The number of nitrogens with two attached hydrogens (primary N) is 1. The third-order valence-electron chi connectivity index (χ3n) is 3.40. The normalized spacial score (nSPS) is 13.4. The number of thioether (sulfide) groups is 1.